The predicted octanol–water partition coefficient (Wildman–Crippen LogP) is 8.23. The highest BCUT2D eigenvalue weighted by molar-refractivity contribution is 6.74. The van der Waals surface area contributed by atoms with Crippen LogP contribution in [0.25, 0.3) is 0 Å². The SMILES string of the molecule is COCC(C)(COC)C(=O)O[C@H]1C[C@H](O[Si](C)(C)C(C)(C)C)C=C2C=C[C@H](C)[C@H](CC[C@@H]3C[C@@H](O[Si](C)(C)C(C)(C)C)CC(=O)O3)[C@H]21. The standard InChI is InChI=1S/C37H66O8Si2/c1-25-15-16-26-19-28(44-46(11,12)35(2,3)4)21-31(43-34(39)37(8,23-40-9)24-41-10)33(26)30(25)18-17-27-20-29(22-32(38)42-27)45-47(13,14)36(5,6)7/h15-16,19,25,27-31,33H,17-18,20-24H2,1-14H3/t25-,27+,28+,29+,30-,31-,33-/m0/s1. The summed E-state index contributed by atoms with van der Waals surface area (Å²) in [6, 6.07) is 0. The highest BCUT2D eigenvalue weighted by atomic mass is 28.4. The second-order valence-electron chi connectivity index (χ2n) is 17.7. The topological polar surface area (TPSA) is 89.5 Å². The number of carbonyl (C=O) groups excluding carboxylic acids is 2. The Balaban J connectivity index is 1.88. The van der Waals surface area contributed by atoms with Crippen LogP contribution in [0.2, 0.25) is 36.3 Å². The molecule has 2 aliphatic carbocycles. The fourth-order valence-corrected chi connectivity index (χ4v) is 9.41. The summed E-state index contributed by atoms with van der Waals surface area (Å²) >= 11 is 0. The van der Waals surface area contributed by atoms with Crippen LogP contribution in [0, 0.1) is 23.2 Å². The van der Waals surface area contributed by atoms with E-state index in [1.807, 2.05) is 6.92 Å². The second-order valence-corrected chi connectivity index (χ2v) is 27.2. The summed E-state index contributed by atoms with van der Waals surface area (Å²) in [7, 11) is -0.941. The van der Waals surface area contributed by atoms with Crippen molar-refractivity contribution in [2.24, 2.45) is 23.2 Å². The van der Waals surface area contributed by atoms with Crippen molar-refractivity contribution in [3.05, 3.63) is 23.8 Å². The Labute approximate surface area is 287 Å². The van der Waals surface area contributed by atoms with Crippen molar-refractivity contribution in [3.63, 3.8) is 0 Å². The number of methoxy groups -OCH3 is 2. The summed E-state index contributed by atoms with van der Waals surface area (Å²) in [5.41, 5.74) is 0.239. The third-order valence-corrected chi connectivity index (χ3v) is 20.6. The van der Waals surface area contributed by atoms with Crippen LogP contribution in [0.5, 0.6) is 0 Å². The second kappa shape index (κ2) is 15.3. The van der Waals surface area contributed by atoms with Gasteiger partial charge in [-0.15, -0.1) is 0 Å². The Morgan fingerprint density at radius 1 is 0.894 bits per heavy atom. The number of allylic oxidation sites excluding steroid dienone is 2. The number of rotatable bonds is 13. The largest absolute Gasteiger partial charge is 0.462 e. The molecule has 3 rings (SSSR count). The molecule has 0 bridgehead atoms. The number of cyclic esters (lactones) is 1. The lowest BCUT2D eigenvalue weighted by Crippen LogP contribution is -2.50. The van der Waals surface area contributed by atoms with Crippen molar-refractivity contribution in [2.75, 3.05) is 27.4 Å². The van der Waals surface area contributed by atoms with Gasteiger partial charge in [0.1, 0.15) is 17.6 Å². The predicted molar refractivity (Wildman–Crippen MR) is 192 cm³/mol. The summed E-state index contributed by atoms with van der Waals surface area (Å²) in [6.07, 6.45) is 9.15. The van der Waals surface area contributed by atoms with Gasteiger partial charge >= 0.3 is 11.9 Å². The minimum absolute atomic E-state index is 0.00567. The zero-order valence-electron chi connectivity index (χ0n) is 32.0. The van der Waals surface area contributed by atoms with E-state index in [4.69, 9.17) is 27.8 Å². The monoisotopic (exact) mass is 694 g/mol. The zero-order valence-corrected chi connectivity index (χ0v) is 34.0. The summed E-state index contributed by atoms with van der Waals surface area (Å²) in [5.74, 6) is -0.0151. The smallest absolute Gasteiger partial charge is 0.316 e. The van der Waals surface area contributed by atoms with Crippen molar-refractivity contribution < 1.29 is 37.4 Å². The van der Waals surface area contributed by atoms with Crippen molar-refractivity contribution in [2.45, 2.75) is 148 Å². The molecule has 0 aromatic rings. The Morgan fingerprint density at radius 2 is 1.47 bits per heavy atom. The molecule has 0 radical (unpaired) electrons. The molecule has 47 heavy (non-hydrogen) atoms. The Kier molecular flexibility index (Phi) is 13.1. The lowest BCUT2D eigenvalue weighted by Gasteiger charge is -2.46. The van der Waals surface area contributed by atoms with Gasteiger partial charge in [0, 0.05) is 33.0 Å². The summed E-state index contributed by atoms with van der Waals surface area (Å²) < 4.78 is 36.9. The average molecular weight is 695 g/mol. The average Bonchev–Trinajstić information content (AvgIpc) is 2.91. The number of hydrogen-bond acceptors (Lipinski definition) is 8. The number of esters is 2. The molecule has 3 aliphatic rings. The quantitative estimate of drug-likeness (QED) is 0.141. The van der Waals surface area contributed by atoms with Crippen molar-refractivity contribution in [1.82, 2.24) is 0 Å². The van der Waals surface area contributed by atoms with E-state index < -0.39 is 22.0 Å². The van der Waals surface area contributed by atoms with Gasteiger partial charge in [-0.1, -0.05) is 66.7 Å². The molecule has 8 nitrogen and oxygen atoms in total. The first kappa shape index (κ1) is 40.1. The van der Waals surface area contributed by atoms with Crippen LogP contribution in [0.1, 0.15) is 87.5 Å². The van der Waals surface area contributed by atoms with Crippen molar-refractivity contribution in [1.29, 1.82) is 0 Å². The van der Waals surface area contributed by atoms with Crippen LogP contribution < -0.4 is 0 Å². The molecule has 0 amide bonds. The van der Waals surface area contributed by atoms with Gasteiger partial charge in [-0.3, -0.25) is 9.59 Å². The van der Waals surface area contributed by atoms with Crippen LogP contribution in [0.15, 0.2) is 23.8 Å². The maximum Gasteiger partial charge on any atom is 0.316 e. The Morgan fingerprint density at radius 3 is 2.02 bits per heavy atom. The minimum atomic E-state index is -2.10. The molecule has 0 N–H and O–H groups in total. The molecule has 0 aromatic heterocycles. The van der Waals surface area contributed by atoms with Gasteiger partial charge in [0.2, 0.25) is 0 Å². The first-order chi connectivity index (χ1) is 21.5. The van der Waals surface area contributed by atoms with Crippen LogP contribution in [0.3, 0.4) is 0 Å². The van der Waals surface area contributed by atoms with Gasteiger partial charge in [-0.25, -0.2) is 0 Å². The van der Waals surface area contributed by atoms with Crippen molar-refractivity contribution in [3.8, 4) is 0 Å². The van der Waals surface area contributed by atoms with E-state index in [9.17, 15) is 9.59 Å². The lowest BCUT2D eigenvalue weighted by atomic mass is 9.66. The molecule has 1 fully saturated rings. The van der Waals surface area contributed by atoms with E-state index in [0.717, 1.165) is 19.3 Å². The first-order valence-electron chi connectivity index (χ1n) is 17.7. The van der Waals surface area contributed by atoms with E-state index in [1.54, 1.807) is 14.2 Å². The molecular weight excluding hydrogens is 629 g/mol. The van der Waals surface area contributed by atoms with E-state index >= 15 is 0 Å². The van der Waals surface area contributed by atoms with E-state index in [-0.39, 0.29) is 77.4 Å². The lowest BCUT2D eigenvalue weighted by molar-refractivity contribution is -0.173. The molecule has 270 valence electrons. The molecule has 1 heterocycles. The van der Waals surface area contributed by atoms with Gasteiger partial charge in [-0.05, 0) is 73.4 Å². The Bertz CT molecular complexity index is 1140. The van der Waals surface area contributed by atoms with Gasteiger partial charge in [0.25, 0.3) is 0 Å². The van der Waals surface area contributed by atoms with Gasteiger partial charge in [0.05, 0.1) is 31.8 Å². The Hall–Kier alpha value is -1.31. The molecule has 0 unspecified atom stereocenters. The number of hydrogen-bond donors (Lipinski definition) is 0. The minimum Gasteiger partial charge on any atom is -0.462 e. The number of carbonyl (C=O) groups is 2. The fourth-order valence-electron chi connectivity index (χ4n) is 6.77. The summed E-state index contributed by atoms with van der Waals surface area (Å²) in [6.45, 7) is 26.9. The molecule has 0 saturated carbocycles. The highest BCUT2D eigenvalue weighted by Crippen LogP contribution is 2.47. The van der Waals surface area contributed by atoms with E-state index in [2.05, 4.69) is 92.9 Å². The van der Waals surface area contributed by atoms with E-state index in [1.165, 1.54) is 5.57 Å². The van der Waals surface area contributed by atoms with Gasteiger partial charge < -0.3 is 27.8 Å². The van der Waals surface area contributed by atoms with Crippen LogP contribution in [-0.4, -0.2) is 80.4 Å². The molecule has 1 saturated heterocycles. The maximum absolute atomic E-state index is 13.9. The number of fused-ring (bicyclic) bond motifs is 1. The third-order valence-electron chi connectivity index (χ3n) is 11.6. The zero-order chi connectivity index (χ0) is 35.6. The van der Waals surface area contributed by atoms with Crippen LogP contribution >= 0.6 is 0 Å². The molecule has 1 aliphatic heterocycles. The van der Waals surface area contributed by atoms with Gasteiger partial charge in [0.15, 0.2) is 16.6 Å². The third kappa shape index (κ3) is 9.90. The normalized spacial score (nSPS) is 29.2. The molecule has 7 atom stereocenters. The van der Waals surface area contributed by atoms with Crippen LogP contribution in [-0.2, 0) is 37.4 Å². The maximum atomic E-state index is 13.9. The molecular formula is C37H66O8Si2. The molecule has 10 heteroatoms. The van der Waals surface area contributed by atoms with Crippen LogP contribution in [0.4, 0.5) is 0 Å². The summed E-state index contributed by atoms with van der Waals surface area (Å²) in [4.78, 5) is 26.6. The number of ether oxygens (including phenoxy) is 4. The molecule has 0 aromatic carbocycles. The molecule has 0 spiro atoms. The fraction of sp³-hybridized carbons (Fsp3) is 0.838. The van der Waals surface area contributed by atoms with Gasteiger partial charge in [-0.2, -0.15) is 0 Å². The summed E-state index contributed by atoms with van der Waals surface area (Å²) in [5, 5.41) is 0.117. The van der Waals surface area contributed by atoms with E-state index in [0.29, 0.717) is 12.8 Å². The highest BCUT2D eigenvalue weighted by Gasteiger charge is 2.48. The first-order valence-corrected chi connectivity index (χ1v) is 23.5. The van der Waals surface area contributed by atoms with Crippen molar-refractivity contribution >= 4 is 28.6 Å².